The highest BCUT2D eigenvalue weighted by Gasteiger charge is 2.12. The largest absolute Gasteiger partial charge is 0.356 e. The molecule has 7 N–H and O–H groups in total. The van der Waals surface area contributed by atoms with Gasteiger partial charge < -0.3 is 26.4 Å². The molecule has 0 aromatic rings. The summed E-state index contributed by atoms with van der Waals surface area (Å²) in [5, 5.41) is 35.5. The number of hydrogen-bond donors (Lipinski definition) is 6. The molecule has 0 aromatic heterocycles. The standard InChI is InChI=1S/C15H32N4O4.C11H20N2O4.C2H6/c1-18(22)12-6-3-5-11-17-14(20)8-9-15(21)19(23)13-7-2-4-10-16;1-10(15)13(17)8-4-2-3-7-12-11(16)6-5-9-14;1-2/h22-23H,2-13,16H2,1H3,(H,17,20);9,17H,2-8H2,1H3,(H,12,16);1-2H3. The molecule has 0 fully saturated rings. The lowest BCUT2D eigenvalue weighted by Gasteiger charge is -2.14. The fourth-order valence-corrected chi connectivity index (χ4v) is 3.24. The van der Waals surface area contributed by atoms with Crippen molar-refractivity contribution < 1.29 is 39.6 Å². The van der Waals surface area contributed by atoms with Crippen molar-refractivity contribution in [2.24, 2.45) is 5.73 Å². The Morgan fingerprint density at radius 2 is 1.17 bits per heavy atom. The lowest BCUT2D eigenvalue weighted by molar-refractivity contribution is -0.166. The maximum absolute atomic E-state index is 11.6. The molecule has 0 aromatic carbocycles. The van der Waals surface area contributed by atoms with Crippen LogP contribution >= 0.6 is 0 Å². The molecule has 0 aliphatic heterocycles. The summed E-state index contributed by atoms with van der Waals surface area (Å²) in [6, 6.07) is 0. The van der Waals surface area contributed by atoms with Gasteiger partial charge >= 0.3 is 0 Å². The number of nitrogens with one attached hydrogen (secondary N) is 2. The van der Waals surface area contributed by atoms with Crippen LogP contribution in [0.5, 0.6) is 0 Å². The quantitative estimate of drug-likeness (QED) is 0.0433. The van der Waals surface area contributed by atoms with Gasteiger partial charge in [-0.1, -0.05) is 26.7 Å². The first kappa shape index (κ1) is 43.8. The molecule has 42 heavy (non-hydrogen) atoms. The van der Waals surface area contributed by atoms with Crippen molar-refractivity contribution in [3.05, 3.63) is 0 Å². The zero-order valence-corrected chi connectivity index (χ0v) is 26.3. The normalized spacial score (nSPS) is 10.0. The smallest absolute Gasteiger partial charge is 0.246 e. The van der Waals surface area contributed by atoms with Gasteiger partial charge in [0.05, 0.1) is 0 Å². The van der Waals surface area contributed by atoms with Crippen LogP contribution in [-0.4, -0.2) is 107 Å². The lowest BCUT2D eigenvalue weighted by atomic mass is 10.2. The van der Waals surface area contributed by atoms with E-state index in [-0.39, 0.29) is 49.9 Å². The van der Waals surface area contributed by atoms with Crippen LogP contribution in [-0.2, 0) is 24.0 Å². The zero-order valence-electron chi connectivity index (χ0n) is 26.3. The van der Waals surface area contributed by atoms with Crippen molar-refractivity contribution in [2.45, 2.75) is 104 Å². The zero-order chi connectivity index (χ0) is 32.6. The monoisotopic (exact) mass is 606 g/mol. The number of hydrogen-bond acceptors (Lipinski definition) is 10. The van der Waals surface area contributed by atoms with Gasteiger partial charge in [-0.05, 0) is 51.5 Å². The molecule has 0 atom stereocenters. The lowest BCUT2D eigenvalue weighted by Crippen LogP contribution is -2.31. The average Bonchev–Trinajstić information content (AvgIpc) is 2.97. The van der Waals surface area contributed by atoms with E-state index in [9.17, 15) is 29.2 Å². The fraction of sp³-hybridized carbons (Fsp3) is 0.821. The molecule has 0 radical (unpaired) electrons. The van der Waals surface area contributed by atoms with Crippen LogP contribution in [0, 0.1) is 0 Å². The predicted octanol–water partition coefficient (Wildman–Crippen LogP) is 2.24. The van der Waals surface area contributed by atoms with Gasteiger partial charge in [0.15, 0.2) is 0 Å². The van der Waals surface area contributed by atoms with Crippen molar-refractivity contribution in [1.82, 2.24) is 25.8 Å². The van der Waals surface area contributed by atoms with Crippen molar-refractivity contribution in [2.75, 3.05) is 46.3 Å². The number of carbonyl (C=O) groups excluding carboxylic acids is 5. The van der Waals surface area contributed by atoms with Gasteiger partial charge in [0.25, 0.3) is 0 Å². The Morgan fingerprint density at radius 3 is 1.64 bits per heavy atom. The average molecular weight is 607 g/mol. The van der Waals surface area contributed by atoms with Crippen LogP contribution < -0.4 is 16.4 Å². The van der Waals surface area contributed by atoms with Gasteiger partial charge in [0, 0.05) is 72.4 Å². The number of carbonyl (C=O) groups is 5. The summed E-state index contributed by atoms with van der Waals surface area (Å²) in [7, 11) is 1.60. The summed E-state index contributed by atoms with van der Waals surface area (Å²) in [6.07, 6.45) is 8.66. The van der Waals surface area contributed by atoms with Gasteiger partial charge in [-0.25, -0.2) is 10.1 Å². The van der Waals surface area contributed by atoms with E-state index in [1.165, 1.54) is 6.92 Å². The molecule has 0 saturated carbocycles. The second kappa shape index (κ2) is 32.9. The Bertz CT molecular complexity index is 697. The molecule has 248 valence electrons. The Balaban J connectivity index is -0.000000711. The summed E-state index contributed by atoms with van der Waals surface area (Å²) in [4.78, 5) is 54.9. The Labute approximate surface area is 251 Å². The highest BCUT2D eigenvalue weighted by molar-refractivity contribution is 5.83. The van der Waals surface area contributed by atoms with Crippen LogP contribution in [0.4, 0.5) is 0 Å². The van der Waals surface area contributed by atoms with Gasteiger partial charge in [-0.2, -0.15) is 5.06 Å². The van der Waals surface area contributed by atoms with E-state index in [1.807, 2.05) is 13.8 Å². The number of nitrogens with zero attached hydrogens (tertiary/aromatic N) is 3. The van der Waals surface area contributed by atoms with Crippen molar-refractivity contribution >= 4 is 29.9 Å². The van der Waals surface area contributed by atoms with Crippen molar-refractivity contribution in [3.63, 3.8) is 0 Å². The molecular weight excluding hydrogens is 548 g/mol. The third kappa shape index (κ3) is 33.6. The summed E-state index contributed by atoms with van der Waals surface area (Å²) in [6.45, 7) is 8.23. The summed E-state index contributed by atoms with van der Waals surface area (Å²) in [5.74, 6) is -1.11. The Kier molecular flexibility index (Phi) is 34.3. The van der Waals surface area contributed by atoms with Crippen LogP contribution in [0.1, 0.15) is 104 Å². The van der Waals surface area contributed by atoms with Gasteiger partial charge in [0.2, 0.25) is 23.6 Å². The molecule has 0 aliphatic rings. The third-order valence-electron chi connectivity index (χ3n) is 5.63. The van der Waals surface area contributed by atoms with Crippen LogP contribution in [0.3, 0.4) is 0 Å². The van der Waals surface area contributed by atoms with E-state index < -0.39 is 5.91 Å². The molecular formula is C28H58N6O8. The van der Waals surface area contributed by atoms with Gasteiger partial charge in [0.1, 0.15) is 6.29 Å². The molecule has 0 rings (SSSR count). The van der Waals surface area contributed by atoms with E-state index in [0.717, 1.165) is 56.3 Å². The summed E-state index contributed by atoms with van der Waals surface area (Å²) in [5.41, 5.74) is 5.37. The topological polar surface area (TPSA) is 206 Å². The van der Waals surface area contributed by atoms with E-state index in [2.05, 4.69) is 10.6 Å². The van der Waals surface area contributed by atoms with E-state index in [1.54, 1.807) is 7.05 Å². The Hall–Kier alpha value is -2.65. The molecule has 4 amide bonds. The number of aldehydes is 1. The predicted molar refractivity (Wildman–Crippen MR) is 160 cm³/mol. The number of hydroxylamine groups is 6. The molecule has 0 heterocycles. The molecule has 0 aliphatic carbocycles. The highest BCUT2D eigenvalue weighted by Crippen LogP contribution is 2.01. The fourth-order valence-electron chi connectivity index (χ4n) is 3.24. The highest BCUT2D eigenvalue weighted by atomic mass is 16.5. The second-order valence-electron chi connectivity index (χ2n) is 9.42. The minimum Gasteiger partial charge on any atom is -0.356 e. The molecule has 0 saturated heterocycles. The van der Waals surface area contributed by atoms with Crippen molar-refractivity contribution in [3.8, 4) is 0 Å². The van der Waals surface area contributed by atoms with Crippen molar-refractivity contribution in [1.29, 1.82) is 0 Å². The summed E-state index contributed by atoms with van der Waals surface area (Å²) < 4.78 is 0. The molecule has 0 bridgehead atoms. The van der Waals surface area contributed by atoms with E-state index in [4.69, 9.17) is 16.1 Å². The number of unbranched alkanes of at least 4 members (excludes halogenated alkanes) is 6. The molecule has 14 nitrogen and oxygen atoms in total. The van der Waals surface area contributed by atoms with Gasteiger partial charge in [-0.15, -0.1) is 0 Å². The minimum atomic E-state index is -0.432. The minimum absolute atomic E-state index is 0.00846. The SMILES string of the molecule is CC.CC(=O)N(O)CCCCCNC(=O)CCC=O.CN(O)CCCCCNC(=O)CCC(=O)N(O)CCCCCN. The van der Waals surface area contributed by atoms with Crippen LogP contribution in [0.25, 0.3) is 0 Å². The maximum atomic E-state index is 11.6. The summed E-state index contributed by atoms with van der Waals surface area (Å²) >= 11 is 0. The van der Waals surface area contributed by atoms with Crippen LogP contribution in [0.15, 0.2) is 0 Å². The molecule has 0 spiro atoms. The first-order chi connectivity index (χ1) is 20.0. The number of amides is 4. The molecule has 14 heteroatoms. The van der Waals surface area contributed by atoms with Crippen LogP contribution in [0.2, 0.25) is 0 Å². The first-order valence-corrected chi connectivity index (χ1v) is 15.1. The number of rotatable bonds is 23. The Morgan fingerprint density at radius 1 is 0.690 bits per heavy atom. The van der Waals surface area contributed by atoms with E-state index in [0.29, 0.717) is 55.7 Å². The van der Waals surface area contributed by atoms with E-state index >= 15 is 0 Å². The first-order valence-electron chi connectivity index (χ1n) is 15.1. The second-order valence-corrected chi connectivity index (χ2v) is 9.42. The van der Waals surface area contributed by atoms with Gasteiger partial charge in [-0.3, -0.25) is 29.6 Å². The third-order valence-corrected chi connectivity index (χ3v) is 5.63. The molecule has 0 unspecified atom stereocenters. The number of nitrogens with two attached hydrogens (primary N) is 1. The maximum Gasteiger partial charge on any atom is 0.246 e.